The molecule has 5 rings (SSSR count). The van der Waals surface area contributed by atoms with Gasteiger partial charge in [-0.2, -0.15) is 0 Å². The van der Waals surface area contributed by atoms with Crippen molar-refractivity contribution >= 4 is 17.4 Å². The van der Waals surface area contributed by atoms with Gasteiger partial charge in [0, 0.05) is 60.3 Å². The predicted molar refractivity (Wildman–Crippen MR) is 146 cm³/mol. The molecule has 0 radical (unpaired) electrons. The smallest absolute Gasteiger partial charge is 0.257 e. The van der Waals surface area contributed by atoms with Gasteiger partial charge in [-0.05, 0) is 63.8 Å². The Kier molecular flexibility index (Phi) is 7.51. The molecule has 190 valence electrons. The van der Waals surface area contributed by atoms with E-state index < -0.39 is 6.10 Å². The van der Waals surface area contributed by atoms with Gasteiger partial charge in [-0.25, -0.2) is 4.98 Å². The number of aliphatic hydroxyl groups excluding tert-OH is 1. The van der Waals surface area contributed by atoms with Gasteiger partial charge in [0.1, 0.15) is 11.9 Å². The summed E-state index contributed by atoms with van der Waals surface area (Å²) in [5.74, 6) is 0.540. The number of piperazine rings is 1. The Morgan fingerprint density at radius 1 is 1.00 bits per heavy atom. The highest BCUT2D eigenvalue weighted by Gasteiger charge is 2.24. The summed E-state index contributed by atoms with van der Waals surface area (Å²) in [6.07, 6.45) is 1.58. The van der Waals surface area contributed by atoms with Crippen LogP contribution >= 0.6 is 11.8 Å². The Morgan fingerprint density at radius 2 is 1.78 bits per heavy atom. The van der Waals surface area contributed by atoms with Crippen LogP contribution in [-0.4, -0.2) is 52.3 Å². The summed E-state index contributed by atoms with van der Waals surface area (Å²) in [7, 11) is 0. The van der Waals surface area contributed by atoms with Crippen LogP contribution in [0.4, 0.5) is 5.69 Å². The Hall–Kier alpha value is -2.61. The largest absolute Gasteiger partial charge is 0.385 e. The van der Waals surface area contributed by atoms with Gasteiger partial charge in [0.05, 0.1) is 5.69 Å². The molecule has 1 aromatic heterocycles. The summed E-state index contributed by atoms with van der Waals surface area (Å²) < 4.78 is 1.69. The summed E-state index contributed by atoms with van der Waals surface area (Å²) >= 11 is 1.85. The van der Waals surface area contributed by atoms with Crippen molar-refractivity contribution in [1.29, 1.82) is 0 Å². The number of fused-ring (bicyclic) bond motifs is 1. The Bertz CT molecular complexity index is 1300. The number of para-hydroxylation sites is 1. The minimum absolute atomic E-state index is 0.0345. The number of hydrogen-bond donors (Lipinski definition) is 1. The zero-order chi connectivity index (χ0) is 25.2. The Morgan fingerprint density at radius 3 is 2.56 bits per heavy atom. The molecule has 1 saturated heterocycles. The lowest BCUT2D eigenvalue weighted by atomic mass is 10.1. The van der Waals surface area contributed by atoms with Gasteiger partial charge in [0.2, 0.25) is 0 Å². The predicted octanol–water partition coefficient (Wildman–Crippen LogP) is 4.51. The highest BCUT2D eigenvalue weighted by atomic mass is 32.2. The van der Waals surface area contributed by atoms with Gasteiger partial charge in [0.15, 0.2) is 0 Å². The number of benzene rings is 2. The third-order valence-corrected chi connectivity index (χ3v) is 8.71. The molecule has 0 amide bonds. The molecule has 0 aliphatic carbocycles. The van der Waals surface area contributed by atoms with Gasteiger partial charge in [-0.3, -0.25) is 14.3 Å². The lowest BCUT2D eigenvalue weighted by Crippen LogP contribution is -2.47. The van der Waals surface area contributed by atoms with Gasteiger partial charge in [-0.15, -0.1) is 0 Å². The van der Waals surface area contributed by atoms with E-state index in [9.17, 15) is 9.90 Å². The second kappa shape index (κ2) is 10.8. The molecular formula is C29H36N4O2S. The first-order chi connectivity index (χ1) is 17.4. The molecule has 2 aliphatic heterocycles. The maximum atomic E-state index is 13.1. The molecule has 2 aliphatic rings. The molecule has 3 heterocycles. The Labute approximate surface area is 218 Å². The average molecular weight is 505 g/mol. The van der Waals surface area contributed by atoms with E-state index in [4.69, 9.17) is 0 Å². The summed E-state index contributed by atoms with van der Waals surface area (Å²) in [5.41, 5.74) is 5.51. The maximum Gasteiger partial charge on any atom is 0.257 e. The van der Waals surface area contributed by atoms with Crippen molar-refractivity contribution in [3.8, 4) is 0 Å². The van der Waals surface area contributed by atoms with E-state index in [2.05, 4.69) is 71.1 Å². The van der Waals surface area contributed by atoms with Crippen LogP contribution in [0, 0.1) is 20.8 Å². The highest BCUT2D eigenvalue weighted by Crippen LogP contribution is 2.37. The highest BCUT2D eigenvalue weighted by molar-refractivity contribution is 7.99. The van der Waals surface area contributed by atoms with Gasteiger partial charge < -0.3 is 10.0 Å². The minimum atomic E-state index is -0.622. The van der Waals surface area contributed by atoms with E-state index in [1.807, 2.05) is 18.7 Å². The van der Waals surface area contributed by atoms with Gasteiger partial charge >= 0.3 is 0 Å². The molecule has 6 nitrogen and oxygen atoms in total. The molecule has 3 aromatic rings. The number of aliphatic hydroxyl groups is 1. The first-order valence-corrected chi connectivity index (χ1v) is 13.8. The van der Waals surface area contributed by atoms with Gasteiger partial charge in [0.25, 0.3) is 5.56 Å². The zero-order valence-electron chi connectivity index (χ0n) is 21.5. The van der Waals surface area contributed by atoms with Crippen molar-refractivity contribution < 1.29 is 5.11 Å². The molecule has 0 saturated carbocycles. The first kappa shape index (κ1) is 25.1. The molecule has 36 heavy (non-hydrogen) atoms. The van der Waals surface area contributed by atoms with Crippen molar-refractivity contribution in [1.82, 2.24) is 14.5 Å². The second-order valence-electron chi connectivity index (χ2n) is 10.1. The second-order valence-corrected chi connectivity index (χ2v) is 11.1. The fourth-order valence-corrected chi connectivity index (χ4v) is 6.41. The normalized spacial score (nSPS) is 18.3. The maximum absolute atomic E-state index is 13.1. The summed E-state index contributed by atoms with van der Waals surface area (Å²) in [4.78, 5) is 25.3. The summed E-state index contributed by atoms with van der Waals surface area (Å²) in [6, 6.07) is 15.4. The molecule has 7 heteroatoms. The van der Waals surface area contributed by atoms with Crippen LogP contribution in [0.25, 0.3) is 0 Å². The molecular weight excluding hydrogens is 468 g/mol. The summed E-state index contributed by atoms with van der Waals surface area (Å²) in [5, 5.41) is 10.2. The van der Waals surface area contributed by atoms with E-state index in [-0.39, 0.29) is 5.56 Å². The zero-order valence-corrected chi connectivity index (χ0v) is 22.4. The van der Waals surface area contributed by atoms with Crippen molar-refractivity contribution in [2.45, 2.75) is 62.5 Å². The molecule has 1 fully saturated rings. The first-order valence-electron chi connectivity index (χ1n) is 13.0. The number of anilines is 1. The van der Waals surface area contributed by atoms with Crippen LogP contribution < -0.4 is 10.5 Å². The molecule has 1 N–H and O–H groups in total. The van der Waals surface area contributed by atoms with Crippen LogP contribution in [0.5, 0.6) is 0 Å². The van der Waals surface area contributed by atoms with Gasteiger partial charge in [-0.1, -0.05) is 41.6 Å². The van der Waals surface area contributed by atoms with Crippen LogP contribution in [0.3, 0.4) is 0 Å². The molecule has 1 atom stereocenters. The Balaban J connectivity index is 1.23. The quantitative estimate of drug-likeness (QED) is 0.533. The lowest BCUT2D eigenvalue weighted by Gasteiger charge is -2.37. The van der Waals surface area contributed by atoms with Crippen LogP contribution in [0.2, 0.25) is 0 Å². The fourth-order valence-electron chi connectivity index (χ4n) is 5.37. The van der Waals surface area contributed by atoms with E-state index in [1.165, 1.54) is 26.6 Å². The van der Waals surface area contributed by atoms with E-state index >= 15 is 0 Å². The van der Waals surface area contributed by atoms with Crippen molar-refractivity contribution in [2.24, 2.45) is 0 Å². The topological polar surface area (TPSA) is 61.6 Å². The minimum Gasteiger partial charge on any atom is -0.385 e. The number of nitrogens with zero attached hydrogens (tertiary/aromatic N) is 4. The van der Waals surface area contributed by atoms with Crippen LogP contribution in [0.1, 0.15) is 47.2 Å². The number of rotatable bonds is 6. The lowest BCUT2D eigenvalue weighted by molar-refractivity contribution is 0.129. The average Bonchev–Trinajstić information content (AvgIpc) is 2.87. The van der Waals surface area contributed by atoms with E-state index in [0.717, 1.165) is 50.4 Å². The van der Waals surface area contributed by atoms with Crippen molar-refractivity contribution in [3.05, 3.63) is 81.0 Å². The third kappa shape index (κ3) is 5.24. The number of aryl methyl sites for hydroxylation is 3. The van der Waals surface area contributed by atoms with E-state index in [0.29, 0.717) is 25.2 Å². The number of hydrogen-bond acceptors (Lipinski definition) is 6. The monoisotopic (exact) mass is 504 g/mol. The molecule has 0 spiro atoms. The standard InChI is InChI=1S/C29H36N4O2S/c1-20-10-11-26(21(2)19-20)36-27-9-5-4-7-24(27)32-17-15-31(16-18-32)14-12-23-22(3)30-28-25(34)8-6-13-33(28)29(23)35/h4-5,7,9-11,19,25,34H,6,8,12-18H2,1-3H3. The third-order valence-electron chi connectivity index (χ3n) is 7.46. The SMILES string of the molecule is Cc1ccc(Sc2ccccc2N2CCN(CCc3c(C)nc4n(c3=O)CCCC4O)CC2)c(C)c1. The summed E-state index contributed by atoms with van der Waals surface area (Å²) in [6.45, 7) is 11.6. The van der Waals surface area contributed by atoms with Crippen LogP contribution in [-0.2, 0) is 13.0 Å². The van der Waals surface area contributed by atoms with Crippen LogP contribution in [0.15, 0.2) is 57.1 Å². The number of aromatic nitrogens is 2. The van der Waals surface area contributed by atoms with Crippen molar-refractivity contribution in [3.63, 3.8) is 0 Å². The molecule has 1 unspecified atom stereocenters. The molecule has 2 aromatic carbocycles. The molecule has 0 bridgehead atoms. The fraction of sp³-hybridized carbons (Fsp3) is 0.448. The van der Waals surface area contributed by atoms with E-state index in [1.54, 1.807) is 4.57 Å². The van der Waals surface area contributed by atoms with Crippen molar-refractivity contribution in [2.75, 3.05) is 37.6 Å².